The number of aromatic nitrogens is 3. The zero-order chi connectivity index (χ0) is 31.5. The van der Waals surface area contributed by atoms with Crippen LogP contribution in [0, 0.1) is 0 Å². The highest BCUT2D eigenvalue weighted by molar-refractivity contribution is 6.24. The molecule has 192 valence electrons. The maximum absolute atomic E-state index is 9.19. The van der Waals surface area contributed by atoms with Crippen molar-refractivity contribution < 1.29 is 6.85 Å². The lowest BCUT2D eigenvalue weighted by atomic mass is 10.00. The molecule has 41 heavy (non-hydrogen) atoms. The molecule has 0 radical (unpaired) electrons. The van der Waals surface area contributed by atoms with Gasteiger partial charge in [0.1, 0.15) is 13.3 Å². The Morgan fingerprint density at radius 3 is 1.80 bits per heavy atom. The van der Waals surface area contributed by atoms with E-state index in [9.17, 15) is 1.37 Å². The van der Waals surface area contributed by atoms with Gasteiger partial charge in [0.25, 0.3) is 0 Å². The summed E-state index contributed by atoms with van der Waals surface area (Å²) in [5, 5.41) is 4.50. The van der Waals surface area contributed by atoms with Gasteiger partial charge < -0.3 is 0 Å². The summed E-state index contributed by atoms with van der Waals surface area (Å²) in [5.41, 5.74) is 4.14. The van der Waals surface area contributed by atoms with Crippen molar-refractivity contribution in [2.75, 3.05) is 0 Å². The van der Waals surface area contributed by atoms with Crippen molar-refractivity contribution >= 4 is 73.3 Å². The number of imidazole rings is 1. The smallest absolute Gasteiger partial charge is 0.148 e. The van der Waals surface area contributed by atoms with Gasteiger partial charge in [-0.05, 0) is 39.6 Å². The van der Waals surface area contributed by atoms with Crippen molar-refractivity contribution in [3.8, 4) is 0 Å². The van der Waals surface area contributed by atoms with Crippen molar-refractivity contribution in [2.24, 2.45) is 0 Å². The molecule has 3 nitrogen and oxygen atoms in total. The molecule has 0 fully saturated rings. The summed E-state index contributed by atoms with van der Waals surface area (Å²) in [6.07, 6.45) is -0.0504. The topological polar surface area (TPSA) is 30.2 Å². The van der Waals surface area contributed by atoms with Gasteiger partial charge in [0.15, 0.2) is 0 Å². The zero-order valence-corrected chi connectivity index (χ0v) is 21.9. The highest BCUT2D eigenvalue weighted by Crippen LogP contribution is 2.37. The van der Waals surface area contributed by atoms with E-state index in [0.29, 0.717) is 38.8 Å². The predicted octanol–water partition coefficient (Wildman–Crippen LogP) is 9.68. The largest absolute Gasteiger partial charge is 0.282 e. The fourth-order valence-electron chi connectivity index (χ4n) is 5.50. The maximum atomic E-state index is 9.19. The molecule has 0 bridgehead atoms. The molecule has 0 aliphatic carbocycles. The third-order valence-corrected chi connectivity index (χ3v) is 7.38. The van der Waals surface area contributed by atoms with Crippen molar-refractivity contribution in [2.45, 2.75) is 0 Å². The molecule has 0 saturated heterocycles. The predicted molar refractivity (Wildman–Crippen MR) is 174 cm³/mol. The Bertz CT molecular complexity index is 2570. The average molecular weight is 529 g/mol. The van der Waals surface area contributed by atoms with Crippen LogP contribution in [-0.4, -0.2) is 14.4 Å². The first kappa shape index (κ1) is 18.7. The van der Waals surface area contributed by atoms with E-state index in [1.54, 1.807) is 40.8 Å². The molecule has 2 heterocycles. The fraction of sp³-hybridized carbons (Fsp3) is 0. The van der Waals surface area contributed by atoms with Gasteiger partial charge in [-0.1, -0.05) is 133 Å². The Morgan fingerprint density at radius 1 is 0.537 bits per heavy atom. The molecule has 0 unspecified atom stereocenters. The summed E-state index contributed by atoms with van der Waals surface area (Å²) in [6, 6.07) is 37.6. The van der Waals surface area contributed by atoms with E-state index < -0.39 is 0 Å². The van der Waals surface area contributed by atoms with Crippen molar-refractivity contribution in [1.82, 2.24) is 14.4 Å². The molecule has 0 atom stereocenters. The van der Waals surface area contributed by atoms with Gasteiger partial charge in [0.05, 0.1) is 22.0 Å². The van der Waals surface area contributed by atoms with Crippen molar-refractivity contribution in [3.05, 3.63) is 150 Å². The molecule has 0 spiro atoms. The highest BCUT2D eigenvalue weighted by Gasteiger charge is 2.17. The van der Waals surface area contributed by atoms with Crippen LogP contribution in [0.25, 0.3) is 73.3 Å². The molecule has 8 aromatic rings. The molecule has 0 aliphatic heterocycles. The summed E-state index contributed by atoms with van der Waals surface area (Å²) in [6.45, 7) is 0. The molecular formula is C38H25N3. The standard InChI is InChI=1S/C38H25N3/c1-3-11-26(12-4-1)19-20-28-23-29(22-21-27-13-5-2-6-14-27)35-34(24-28)38-40-36-32-17-9-7-15-30(32)31-16-8-10-18-33(31)37(36)41(38)25-39-35/h1-25H/b20-19+,22-21+/i19D,20D,21D,22D,25D. The van der Waals surface area contributed by atoms with Crippen LogP contribution in [0.3, 0.4) is 0 Å². The number of hydrogen-bond donors (Lipinski definition) is 0. The SMILES string of the molecule is [2H]/C(=C(/[2H])c1cc(/C([2H])=C(\[2H])c2ccccc2)c2nc([2H])n3c(nc4c5ccccc5c5ccccc5c43)c2c1)c1ccccc1. The van der Waals surface area contributed by atoms with Crippen LogP contribution in [0.2, 0.25) is 0 Å². The second kappa shape index (κ2) is 9.58. The first-order chi connectivity index (χ1) is 22.4. The fourth-order valence-corrected chi connectivity index (χ4v) is 5.50. The monoisotopic (exact) mass is 528 g/mol. The van der Waals surface area contributed by atoms with E-state index in [2.05, 4.69) is 12.1 Å². The van der Waals surface area contributed by atoms with Crippen LogP contribution in [0.5, 0.6) is 0 Å². The third kappa shape index (κ3) is 3.98. The van der Waals surface area contributed by atoms with Crippen LogP contribution in [0.15, 0.2) is 128 Å². The molecule has 6 aromatic carbocycles. The summed E-state index contributed by atoms with van der Waals surface area (Å²) in [5.74, 6) is 0. The quantitative estimate of drug-likeness (QED) is 0.168. The number of nitrogens with zero attached hydrogens (tertiary/aromatic N) is 3. The summed E-state index contributed by atoms with van der Waals surface area (Å²) < 4.78 is 47.0. The minimum atomic E-state index is -0.0969. The second-order valence-corrected chi connectivity index (χ2v) is 9.92. The highest BCUT2D eigenvalue weighted by atomic mass is 15.1. The van der Waals surface area contributed by atoms with Crippen LogP contribution in [-0.2, 0) is 0 Å². The third-order valence-electron chi connectivity index (χ3n) is 7.38. The Kier molecular flexibility index (Phi) is 4.37. The van der Waals surface area contributed by atoms with Crippen molar-refractivity contribution in [3.63, 3.8) is 0 Å². The molecule has 0 saturated carbocycles. The number of fused-ring (bicyclic) bond motifs is 10. The van der Waals surface area contributed by atoms with Gasteiger partial charge in [-0.25, -0.2) is 9.97 Å². The van der Waals surface area contributed by atoms with Crippen LogP contribution < -0.4 is 0 Å². The number of rotatable bonds is 4. The Hall–Kier alpha value is -5.54. The van der Waals surface area contributed by atoms with Gasteiger partial charge in [0, 0.05) is 21.7 Å². The van der Waals surface area contributed by atoms with E-state index in [1.165, 1.54) is 0 Å². The molecule has 2 aromatic heterocycles. The zero-order valence-electron chi connectivity index (χ0n) is 26.9. The first-order valence-electron chi connectivity index (χ1n) is 15.9. The van der Waals surface area contributed by atoms with Crippen LogP contribution >= 0.6 is 0 Å². The Balaban J connectivity index is 1.54. The van der Waals surface area contributed by atoms with E-state index >= 15 is 0 Å². The van der Waals surface area contributed by atoms with E-state index in [4.69, 9.17) is 15.5 Å². The van der Waals surface area contributed by atoms with Crippen molar-refractivity contribution in [1.29, 1.82) is 0 Å². The minimum absolute atomic E-state index is 0.0117. The van der Waals surface area contributed by atoms with E-state index in [0.717, 1.165) is 32.6 Å². The first-order valence-corrected chi connectivity index (χ1v) is 13.4. The van der Waals surface area contributed by atoms with Crippen LogP contribution in [0.1, 0.15) is 29.1 Å². The second-order valence-electron chi connectivity index (χ2n) is 9.92. The molecular weight excluding hydrogens is 498 g/mol. The average Bonchev–Trinajstić information content (AvgIpc) is 3.53. The van der Waals surface area contributed by atoms with Gasteiger partial charge in [-0.2, -0.15) is 0 Å². The number of benzene rings is 6. The van der Waals surface area contributed by atoms with E-state index in [1.807, 2.05) is 72.8 Å². The summed E-state index contributed by atoms with van der Waals surface area (Å²) in [7, 11) is 0. The maximum Gasteiger partial charge on any atom is 0.148 e. The van der Waals surface area contributed by atoms with Gasteiger partial charge in [-0.15, -0.1) is 0 Å². The summed E-state index contributed by atoms with van der Waals surface area (Å²) >= 11 is 0. The Labute approximate surface area is 244 Å². The number of hydrogen-bond acceptors (Lipinski definition) is 2. The van der Waals surface area contributed by atoms with Gasteiger partial charge >= 0.3 is 0 Å². The van der Waals surface area contributed by atoms with Gasteiger partial charge in [0.2, 0.25) is 0 Å². The lowest BCUT2D eigenvalue weighted by molar-refractivity contribution is 1.15. The molecule has 0 aliphatic rings. The van der Waals surface area contributed by atoms with Gasteiger partial charge in [-0.3, -0.25) is 4.40 Å². The molecule has 0 N–H and O–H groups in total. The molecule has 8 rings (SSSR count). The minimum Gasteiger partial charge on any atom is -0.282 e. The molecule has 3 heteroatoms. The lowest BCUT2D eigenvalue weighted by Gasteiger charge is -2.08. The molecule has 0 amide bonds. The normalized spacial score (nSPS) is 14.9. The summed E-state index contributed by atoms with van der Waals surface area (Å²) in [4.78, 5) is 9.89. The lowest BCUT2D eigenvalue weighted by Crippen LogP contribution is -1.93. The van der Waals surface area contributed by atoms with E-state index in [-0.39, 0.29) is 30.5 Å². The Morgan fingerprint density at radius 2 is 1.10 bits per heavy atom. The van der Waals surface area contributed by atoms with Crippen LogP contribution in [0.4, 0.5) is 0 Å².